The van der Waals surface area contributed by atoms with Gasteiger partial charge < -0.3 is 10.2 Å². The molecule has 0 bridgehead atoms. The van der Waals surface area contributed by atoms with Crippen LogP contribution in [0.5, 0.6) is 0 Å². The summed E-state index contributed by atoms with van der Waals surface area (Å²) in [4.78, 5) is 26.8. The number of carbonyl (C=O) groups excluding carboxylic acids is 2. The minimum Gasteiger partial charge on any atom is -0.355 e. The third kappa shape index (κ3) is 6.48. The fourth-order valence-corrected chi connectivity index (χ4v) is 4.98. The molecule has 0 unspecified atom stereocenters. The van der Waals surface area contributed by atoms with Crippen molar-refractivity contribution < 1.29 is 22.8 Å². The van der Waals surface area contributed by atoms with Crippen LogP contribution in [0.3, 0.4) is 0 Å². The molecule has 36 heavy (non-hydrogen) atoms. The van der Waals surface area contributed by atoms with Crippen molar-refractivity contribution in [2.75, 3.05) is 20.6 Å². The molecule has 8 heteroatoms. The lowest BCUT2D eigenvalue weighted by atomic mass is 9.77. The molecule has 3 rings (SSSR count). The Balaban J connectivity index is 1.69. The number of ketones is 1. The first-order valence-electron chi connectivity index (χ1n) is 12.3. The monoisotopic (exact) mass is 522 g/mol. The summed E-state index contributed by atoms with van der Waals surface area (Å²) in [7, 11) is 3.71. The van der Waals surface area contributed by atoms with Crippen LogP contribution in [0.25, 0.3) is 0 Å². The molecular weight excluding hydrogens is 489 g/mol. The van der Waals surface area contributed by atoms with Gasteiger partial charge in [-0.2, -0.15) is 0 Å². The average molecular weight is 523 g/mol. The van der Waals surface area contributed by atoms with Gasteiger partial charge in [0.1, 0.15) is 5.82 Å². The van der Waals surface area contributed by atoms with E-state index in [0.29, 0.717) is 35.4 Å². The molecule has 196 valence electrons. The largest absolute Gasteiger partial charge is 0.355 e. The first-order chi connectivity index (χ1) is 16.9. The Bertz CT molecular complexity index is 1080. The van der Waals surface area contributed by atoms with Crippen molar-refractivity contribution in [3.63, 3.8) is 0 Å². The van der Waals surface area contributed by atoms with Crippen molar-refractivity contribution in [2.45, 2.75) is 63.8 Å². The van der Waals surface area contributed by atoms with Gasteiger partial charge >= 0.3 is 0 Å². The molecule has 1 N–H and O–H groups in total. The van der Waals surface area contributed by atoms with Crippen molar-refractivity contribution in [3.05, 3.63) is 70.0 Å². The van der Waals surface area contributed by atoms with E-state index < -0.39 is 23.1 Å². The number of halogens is 4. The number of likely N-dealkylation sites (N-methyl/N-ethyl adjacent to an activating group) is 1. The Kier molecular flexibility index (Phi) is 8.88. The second-order valence-electron chi connectivity index (χ2n) is 10.1. The maximum atomic E-state index is 14.6. The number of nitrogens with zero attached hydrogens (tertiary/aromatic N) is 1. The van der Waals surface area contributed by atoms with E-state index in [1.165, 1.54) is 12.1 Å². The summed E-state index contributed by atoms with van der Waals surface area (Å²) in [5.41, 5.74) is 0.212. The van der Waals surface area contributed by atoms with Crippen molar-refractivity contribution in [1.82, 2.24) is 10.2 Å². The number of alkyl halides is 2. The Morgan fingerprint density at radius 3 is 2.28 bits per heavy atom. The zero-order chi connectivity index (χ0) is 26.7. The normalized spacial score (nSPS) is 16.5. The van der Waals surface area contributed by atoms with Crippen LogP contribution in [0.4, 0.5) is 13.2 Å². The van der Waals surface area contributed by atoms with Crippen molar-refractivity contribution in [3.8, 4) is 0 Å². The number of amides is 1. The molecule has 4 nitrogen and oxygen atoms in total. The van der Waals surface area contributed by atoms with Gasteiger partial charge in [-0.3, -0.25) is 9.59 Å². The van der Waals surface area contributed by atoms with E-state index in [4.69, 9.17) is 11.6 Å². The molecule has 0 spiro atoms. The van der Waals surface area contributed by atoms with Crippen LogP contribution >= 0.6 is 11.6 Å². The summed E-state index contributed by atoms with van der Waals surface area (Å²) in [6, 6.07) is 11.2. The number of rotatable bonds is 12. The Morgan fingerprint density at radius 1 is 1.14 bits per heavy atom. The maximum Gasteiger partial charge on any atom is 0.251 e. The minimum absolute atomic E-state index is 0.0618. The number of carbonyl (C=O) groups is 2. The first-order valence-corrected chi connectivity index (χ1v) is 12.6. The molecule has 2 aromatic rings. The molecule has 1 amide bonds. The zero-order valence-corrected chi connectivity index (χ0v) is 22.0. The minimum atomic E-state index is -2.92. The highest BCUT2D eigenvalue weighted by Gasteiger charge is 2.63. The van der Waals surface area contributed by atoms with E-state index in [1.807, 2.05) is 19.0 Å². The van der Waals surface area contributed by atoms with Crippen LogP contribution < -0.4 is 5.32 Å². The van der Waals surface area contributed by atoms with Gasteiger partial charge in [0.15, 0.2) is 5.78 Å². The van der Waals surface area contributed by atoms with E-state index >= 15 is 0 Å². The molecule has 1 aliphatic rings. The number of nitrogens with one attached hydrogen (secondary N) is 1. The van der Waals surface area contributed by atoms with Crippen LogP contribution in [0.2, 0.25) is 5.02 Å². The smallest absolute Gasteiger partial charge is 0.251 e. The van der Waals surface area contributed by atoms with E-state index in [0.717, 1.165) is 6.92 Å². The van der Waals surface area contributed by atoms with Gasteiger partial charge in [0.25, 0.3) is 5.92 Å². The summed E-state index contributed by atoms with van der Waals surface area (Å²) < 4.78 is 43.6. The lowest BCUT2D eigenvalue weighted by Crippen LogP contribution is -2.43. The highest BCUT2D eigenvalue weighted by atomic mass is 35.5. The lowest BCUT2D eigenvalue weighted by Gasteiger charge is -2.32. The predicted molar refractivity (Wildman–Crippen MR) is 136 cm³/mol. The van der Waals surface area contributed by atoms with Crippen LogP contribution in [0.1, 0.15) is 66.9 Å². The van der Waals surface area contributed by atoms with Gasteiger partial charge in [-0.05, 0) is 75.7 Å². The van der Waals surface area contributed by atoms with Crippen molar-refractivity contribution in [1.29, 1.82) is 0 Å². The maximum absolute atomic E-state index is 14.6. The number of hydrogen-bond donors (Lipinski definition) is 1. The van der Waals surface area contributed by atoms with Gasteiger partial charge in [-0.1, -0.05) is 36.7 Å². The van der Waals surface area contributed by atoms with Gasteiger partial charge in [0.05, 0.1) is 5.56 Å². The molecule has 1 aliphatic carbocycles. The summed E-state index contributed by atoms with van der Waals surface area (Å²) in [5, 5.41) is 3.41. The van der Waals surface area contributed by atoms with E-state index in [9.17, 15) is 22.8 Å². The first kappa shape index (κ1) is 28.2. The Morgan fingerprint density at radius 2 is 1.78 bits per heavy atom. The lowest BCUT2D eigenvalue weighted by molar-refractivity contribution is -0.123. The van der Waals surface area contributed by atoms with Crippen molar-refractivity contribution in [2.24, 2.45) is 5.41 Å². The molecular formula is C28H34ClF3N2O2. The number of Topliss-reactive ketones (excluding diaryl/α,β-unsaturated/α-hetero) is 1. The van der Waals surface area contributed by atoms with Crippen molar-refractivity contribution >= 4 is 23.3 Å². The van der Waals surface area contributed by atoms with Gasteiger partial charge in [-0.25, -0.2) is 13.2 Å². The molecule has 2 aromatic carbocycles. The quantitative estimate of drug-likeness (QED) is 0.334. The molecule has 2 atom stereocenters. The van der Waals surface area contributed by atoms with E-state index in [1.54, 1.807) is 37.3 Å². The third-order valence-electron chi connectivity index (χ3n) is 7.38. The van der Waals surface area contributed by atoms with Crippen LogP contribution in [-0.2, 0) is 11.2 Å². The molecule has 0 heterocycles. The third-order valence-corrected chi connectivity index (χ3v) is 7.64. The topological polar surface area (TPSA) is 49.4 Å². The van der Waals surface area contributed by atoms with Gasteiger partial charge in [0, 0.05) is 41.8 Å². The molecule has 1 fully saturated rings. The number of hydrogen-bond acceptors (Lipinski definition) is 3. The fourth-order valence-electron chi connectivity index (χ4n) is 4.86. The van der Waals surface area contributed by atoms with Crippen LogP contribution in [0.15, 0.2) is 42.5 Å². The summed E-state index contributed by atoms with van der Waals surface area (Å²) >= 11 is 5.99. The Hall–Kier alpha value is -2.38. The Labute approximate surface area is 216 Å². The summed E-state index contributed by atoms with van der Waals surface area (Å²) in [6.45, 7) is 2.89. The summed E-state index contributed by atoms with van der Waals surface area (Å²) in [6.07, 6.45) is 1.33. The SMILES string of the molecule is CCC(=O)c1ccc(C[C@@H](CNC(=O)C[C@H](c2ccc(Cl)cc2)C2(C(C)(F)F)CC2)N(C)C)cc1F. The van der Waals surface area contributed by atoms with Crippen LogP contribution in [0, 0.1) is 11.2 Å². The number of benzene rings is 2. The molecule has 0 saturated heterocycles. The molecule has 1 saturated carbocycles. The zero-order valence-electron chi connectivity index (χ0n) is 21.2. The van der Waals surface area contributed by atoms with Gasteiger partial charge in [-0.15, -0.1) is 0 Å². The van der Waals surface area contributed by atoms with Crippen LogP contribution in [-0.4, -0.2) is 49.2 Å². The van der Waals surface area contributed by atoms with E-state index in [-0.39, 0.29) is 42.7 Å². The summed E-state index contributed by atoms with van der Waals surface area (Å²) in [5.74, 6) is -4.67. The second kappa shape index (κ2) is 11.3. The predicted octanol–water partition coefficient (Wildman–Crippen LogP) is 6.27. The average Bonchev–Trinajstić information content (AvgIpc) is 3.62. The van der Waals surface area contributed by atoms with E-state index in [2.05, 4.69) is 5.32 Å². The highest BCUT2D eigenvalue weighted by Crippen LogP contribution is 2.65. The molecule has 0 aromatic heterocycles. The van der Waals surface area contributed by atoms with Gasteiger partial charge in [0.2, 0.25) is 5.91 Å². The fraction of sp³-hybridized carbons (Fsp3) is 0.500. The highest BCUT2D eigenvalue weighted by molar-refractivity contribution is 6.30. The molecule has 0 aliphatic heterocycles. The standard InChI is InChI=1S/C28H34ClF3N2O2/c1-5-25(35)22-11-6-18(15-24(22)30)14-21(34(3)4)17-33-26(36)16-23(19-7-9-20(29)10-8-19)28(12-13-28)27(2,31)32/h6-11,15,21,23H,5,12-14,16-17H2,1-4H3,(H,33,36)/t21-,23+/m0/s1. The second-order valence-corrected chi connectivity index (χ2v) is 10.5. The molecule has 0 radical (unpaired) electrons.